The van der Waals surface area contributed by atoms with Gasteiger partial charge in [-0.1, -0.05) is 216 Å². The summed E-state index contributed by atoms with van der Waals surface area (Å²) in [5.41, 5.74) is 24.5. The van der Waals surface area contributed by atoms with Crippen molar-refractivity contribution in [3.8, 4) is 44.5 Å². The fraction of sp³-hybridized carbons (Fsp3) is 0.0959. The summed E-state index contributed by atoms with van der Waals surface area (Å²) in [5.74, 6) is -1.28. The van der Waals surface area contributed by atoms with Crippen LogP contribution in [0.2, 0.25) is 0 Å². The fourth-order valence-electron chi connectivity index (χ4n) is 14.2. The van der Waals surface area contributed by atoms with Crippen molar-refractivity contribution in [2.24, 2.45) is 0 Å². The van der Waals surface area contributed by atoms with Crippen LogP contribution in [0.4, 0.5) is 45.5 Å². The highest BCUT2D eigenvalue weighted by Crippen LogP contribution is 2.69. The summed E-state index contributed by atoms with van der Waals surface area (Å²) in [6, 6.07) is 94.6. The molecule has 4 aliphatic rings. The third-order valence-corrected chi connectivity index (χ3v) is 17.6. The quantitative estimate of drug-likeness (QED) is 0.165. The van der Waals surface area contributed by atoms with Crippen LogP contribution in [-0.2, 0) is 10.8 Å². The molecule has 12 aromatic rings. The SMILES string of the molecule is CC1(C)c2ccccc2-c2c(N3c4cc5oc6ccccc6c5cc4N(c4cccc5c4-c4ccccc4C5(C)C)C34N(c3cccc(-c5ccccc5)c3)c3ccccc3N4c3cccc(-c4ccccc4)c3)cccc21. The molecule has 78 heavy (non-hydrogen) atoms. The monoisotopic (exact) mass is 1000 g/mol. The van der Waals surface area contributed by atoms with Gasteiger partial charge in [-0.15, -0.1) is 0 Å². The maximum atomic E-state index is 7.03. The van der Waals surface area contributed by atoms with E-state index in [9.17, 15) is 0 Å². The molecule has 372 valence electrons. The lowest BCUT2D eigenvalue weighted by atomic mass is 9.82. The fourth-order valence-corrected chi connectivity index (χ4v) is 14.2. The third-order valence-electron chi connectivity index (χ3n) is 17.6. The standard InChI is InChI=1S/C73H54N4O/c1-71(2)57-34-14-11-32-54(57)69-59(71)36-21-40-63(69)76-65-45-56-53-31-13-18-42-67(53)78-68(56)46-66(65)77(64-41-22-37-60-70(64)55-33-12-15-35-58(55)72(60,3)4)73(76)74(51-29-19-27-49(43-51)47-23-7-5-8-24-47)61-38-16-17-39-62(61)75(73)52-30-20-28-50(44-52)48-25-9-6-10-26-48/h5-46H,1-4H3. The maximum absolute atomic E-state index is 7.03. The van der Waals surface area contributed by atoms with E-state index in [1.165, 1.54) is 44.5 Å². The molecular weight excluding hydrogens is 949 g/mol. The number of nitrogens with zero attached hydrogens (tertiary/aromatic N) is 4. The Kier molecular flexibility index (Phi) is 9.29. The molecule has 5 heteroatoms. The van der Waals surface area contributed by atoms with Gasteiger partial charge in [-0.05, 0) is 116 Å². The molecule has 11 aromatic carbocycles. The van der Waals surface area contributed by atoms with E-state index in [0.29, 0.717) is 0 Å². The Balaban J connectivity index is 1.13. The normalized spacial score (nSPS) is 15.6. The molecule has 5 nitrogen and oxygen atoms in total. The van der Waals surface area contributed by atoms with Gasteiger partial charge in [-0.3, -0.25) is 19.6 Å². The van der Waals surface area contributed by atoms with Gasteiger partial charge in [0.25, 0.3) is 5.91 Å². The minimum Gasteiger partial charge on any atom is -0.456 e. The van der Waals surface area contributed by atoms with Crippen LogP contribution in [0.5, 0.6) is 0 Å². The van der Waals surface area contributed by atoms with Crippen LogP contribution < -0.4 is 19.6 Å². The summed E-state index contributed by atoms with van der Waals surface area (Å²) < 4.78 is 7.03. The second kappa shape index (κ2) is 16.2. The molecule has 0 fully saturated rings. The molecule has 0 atom stereocenters. The lowest BCUT2D eigenvalue weighted by Gasteiger charge is -2.53. The average Bonchev–Trinajstić information content (AvgIpc) is 3.25. The molecule has 0 saturated carbocycles. The van der Waals surface area contributed by atoms with E-state index in [0.717, 1.165) is 89.7 Å². The summed E-state index contributed by atoms with van der Waals surface area (Å²) in [4.78, 5) is 10.7. The van der Waals surface area contributed by atoms with Crippen LogP contribution in [-0.4, -0.2) is 5.91 Å². The summed E-state index contributed by atoms with van der Waals surface area (Å²) >= 11 is 0. The zero-order valence-electron chi connectivity index (χ0n) is 43.9. The van der Waals surface area contributed by atoms with Crippen LogP contribution in [0.3, 0.4) is 0 Å². The molecule has 3 heterocycles. The Bertz CT molecular complexity index is 4330. The van der Waals surface area contributed by atoms with Gasteiger partial charge >= 0.3 is 0 Å². The van der Waals surface area contributed by atoms with Gasteiger partial charge in [-0.25, -0.2) is 0 Å². The topological polar surface area (TPSA) is 26.1 Å². The van der Waals surface area contributed by atoms with E-state index >= 15 is 0 Å². The van der Waals surface area contributed by atoms with E-state index in [-0.39, 0.29) is 10.8 Å². The molecule has 2 aliphatic heterocycles. The van der Waals surface area contributed by atoms with Crippen LogP contribution in [0.1, 0.15) is 49.9 Å². The molecule has 16 rings (SSSR count). The Morgan fingerprint density at radius 1 is 0.282 bits per heavy atom. The maximum Gasteiger partial charge on any atom is 0.295 e. The van der Waals surface area contributed by atoms with Crippen molar-refractivity contribution in [1.82, 2.24) is 0 Å². The second-order valence-corrected chi connectivity index (χ2v) is 22.4. The Hall–Kier alpha value is -9.58. The van der Waals surface area contributed by atoms with Crippen molar-refractivity contribution in [3.63, 3.8) is 0 Å². The van der Waals surface area contributed by atoms with E-state index in [1.54, 1.807) is 0 Å². The van der Waals surface area contributed by atoms with E-state index < -0.39 is 5.91 Å². The van der Waals surface area contributed by atoms with Gasteiger partial charge in [0.15, 0.2) is 0 Å². The molecule has 0 saturated heterocycles. The Labute approximate surface area is 455 Å². The first kappa shape index (κ1) is 44.7. The highest BCUT2D eigenvalue weighted by molar-refractivity contribution is 6.14. The summed E-state index contributed by atoms with van der Waals surface area (Å²) in [5, 5.41) is 2.15. The van der Waals surface area contributed by atoms with Gasteiger partial charge in [0, 0.05) is 50.2 Å². The van der Waals surface area contributed by atoms with Gasteiger partial charge in [0.1, 0.15) is 11.2 Å². The minimum absolute atomic E-state index is 0.274. The van der Waals surface area contributed by atoms with E-state index in [2.05, 4.69) is 302 Å². The molecule has 0 radical (unpaired) electrons. The van der Waals surface area contributed by atoms with Crippen LogP contribution >= 0.6 is 0 Å². The molecule has 0 N–H and O–H groups in total. The third kappa shape index (κ3) is 5.96. The van der Waals surface area contributed by atoms with Crippen molar-refractivity contribution in [3.05, 3.63) is 277 Å². The number of hydrogen-bond donors (Lipinski definition) is 0. The number of furan rings is 1. The number of benzene rings is 11. The van der Waals surface area contributed by atoms with Crippen molar-refractivity contribution < 1.29 is 4.42 Å². The molecular formula is C73H54N4O. The van der Waals surface area contributed by atoms with Gasteiger partial charge < -0.3 is 4.42 Å². The zero-order chi connectivity index (χ0) is 52.1. The minimum atomic E-state index is -1.28. The lowest BCUT2D eigenvalue weighted by Crippen LogP contribution is -2.70. The predicted molar refractivity (Wildman–Crippen MR) is 323 cm³/mol. The van der Waals surface area contributed by atoms with Crippen molar-refractivity contribution in [2.75, 3.05) is 19.6 Å². The first-order valence-corrected chi connectivity index (χ1v) is 27.3. The summed E-state index contributed by atoms with van der Waals surface area (Å²) in [6.07, 6.45) is 0. The highest BCUT2D eigenvalue weighted by Gasteiger charge is 2.66. The zero-order valence-corrected chi connectivity index (χ0v) is 43.9. The highest BCUT2D eigenvalue weighted by atomic mass is 16.3. The summed E-state index contributed by atoms with van der Waals surface area (Å²) in [6.45, 7) is 9.56. The number of para-hydroxylation sites is 3. The lowest BCUT2D eigenvalue weighted by molar-refractivity contribution is 0.480. The number of rotatable bonds is 6. The van der Waals surface area contributed by atoms with Crippen molar-refractivity contribution in [2.45, 2.75) is 44.4 Å². The van der Waals surface area contributed by atoms with Gasteiger partial charge in [0.2, 0.25) is 0 Å². The largest absolute Gasteiger partial charge is 0.456 e. The van der Waals surface area contributed by atoms with Gasteiger partial charge in [0.05, 0.1) is 34.1 Å². The Morgan fingerprint density at radius 2 is 0.692 bits per heavy atom. The van der Waals surface area contributed by atoms with Crippen molar-refractivity contribution >= 4 is 67.4 Å². The molecule has 1 spiro atoms. The molecule has 0 amide bonds. The first-order valence-electron chi connectivity index (χ1n) is 27.3. The Morgan fingerprint density at radius 3 is 1.23 bits per heavy atom. The number of anilines is 8. The molecule has 1 aromatic heterocycles. The number of fused-ring (bicyclic) bond motifs is 11. The number of hydrogen-bond acceptors (Lipinski definition) is 5. The van der Waals surface area contributed by atoms with E-state index in [1.807, 2.05) is 0 Å². The molecule has 0 unspecified atom stereocenters. The van der Waals surface area contributed by atoms with E-state index in [4.69, 9.17) is 4.42 Å². The molecule has 2 aliphatic carbocycles. The van der Waals surface area contributed by atoms with Gasteiger partial charge in [-0.2, -0.15) is 0 Å². The smallest absolute Gasteiger partial charge is 0.295 e. The van der Waals surface area contributed by atoms with Crippen LogP contribution in [0.25, 0.3) is 66.4 Å². The average molecular weight is 1000 g/mol. The predicted octanol–water partition coefficient (Wildman–Crippen LogP) is 19.4. The first-order chi connectivity index (χ1) is 38.2. The van der Waals surface area contributed by atoms with Crippen LogP contribution in [0.15, 0.2) is 259 Å². The second-order valence-electron chi connectivity index (χ2n) is 22.4. The summed E-state index contributed by atoms with van der Waals surface area (Å²) in [7, 11) is 0. The molecule has 0 bridgehead atoms. The van der Waals surface area contributed by atoms with Crippen molar-refractivity contribution in [1.29, 1.82) is 0 Å². The van der Waals surface area contributed by atoms with Crippen LogP contribution in [0, 0.1) is 0 Å².